The number of ether oxygens (including phenoxy) is 1. The third-order valence-corrected chi connectivity index (χ3v) is 4.03. The van der Waals surface area contributed by atoms with E-state index in [-0.39, 0.29) is 5.60 Å². The second-order valence-corrected chi connectivity index (χ2v) is 5.44. The highest BCUT2D eigenvalue weighted by Crippen LogP contribution is 2.23. The van der Waals surface area contributed by atoms with Crippen LogP contribution in [-0.2, 0) is 18.2 Å². The van der Waals surface area contributed by atoms with Gasteiger partial charge >= 0.3 is 0 Å². The standard InChI is InChI=1S/C15H29N3O/c1-6-10-16-14(15(3,7-2)19-5)9-8-13-11-17-18(4)12-13/h11-12,14,16H,6-10H2,1-5H3. The molecule has 0 aromatic carbocycles. The minimum atomic E-state index is -0.0998. The van der Waals surface area contributed by atoms with Crippen LogP contribution in [0.5, 0.6) is 0 Å². The molecule has 1 aromatic heterocycles. The minimum absolute atomic E-state index is 0.0998. The second kappa shape index (κ2) is 7.65. The van der Waals surface area contributed by atoms with Crippen LogP contribution in [-0.4, -0.2) is 35.1 Å². The lowest BCUT2D eigenvalue weighted by molar-refractivity contribution is -0.0309. The molecule has 1 N–H and O–H groups in total. The lowest BCUT2D eigenvalue weighted by Gasteiger charge is -2.36. The summed E-state index contributed by atoms with van der Waals surface area (Å²) in [6, 6.07) is 0.377. The van der Waals surface area contributed by atoms with Gasteiger partial charge in [-0.3, -0.25) is 4.68 Å². The van der Waals surface area contributed by atoms with E-state index in [1.807, 2.05) is 25.0 Å². The van der Waals surface area contributed by atoms with Gasteiger partial charge in [0.1, 0.15) is 0 Å². The molecule has 0 radical (unpaired) electrons. The van der Waals surface area contributed by atoms with E-state index in [2.05, 4.69) is 37.4 Å². The van der Waals surface area contributed by atoms with Crippen LogP contribution in [0, 0.1) is 0 Å². The summed E-state index contributed by atoms with van der Waals surface area (Å²) >= 11 is 0. The number of rotatable bonds is 9. The maximum Gasteiger partial charge on any atom is 0.0800 e. The molecule has 2 unspecified atom stereocenters. The molecule has 0 bridgehead atoms. The minimum Gasteiger partial charge on any atom is -0.377 e. The number of aryl methyl sites for hydroxylation is 2. The maximum absolute atomic E-state index is 5.76. The van der Waals surface area contributed by atoms with E-state index in [4.69, 9.17) is 4.74 Å². The molecule has 0 aliphatic rings. The fraction of sp³-hybridized carbons (Fsp3) is 0.800. The van der Waals surface area contributed by atoms with Crippen molar-refractivity contribution < 1.29 is 4.74 Å². The molecule has 0 saturated heterocycles. The van der Waals surface area contributed by atoms with E-state index in [1.54, 1.807) is 0 Å². The fourth-order valence-electron chi connectivity index (χ4n) is 2.39. The van der Waals surface area contributed by atoms with Crippen LogP contribution in [0.25, 0.3) is 0 Å². The molecule has 19 heavy (non-hydrogen) atoms. The van der Waals surface area contributed by atoms with Crippen molar-refractivity contribution in [2.75, 3.05) is 13.7 Å². The predicted molar refractivity (Wildman–Crippen MR) is 79.3 cm³/mol. The summed E-state index contributed by atoms with van der Waals surface area (Å²) in [5, 5.41) is 7.86. The Morgan fingerprint density at radius 2 is 2.21 bits per heavy atom. The van der Waals surface area contributed by atoms with Crippen molar-refractivity contribution >= 4 is 0 Å². The van der Waals surface area contributed by atoms with Crippen LogP contribution in [0.15, 0.2) is 12.4 Å². The molecule has 4 nitrogen and oxygen atoms in total. The van der Waals surface area contributed by atoms with Gasteiger partial charge < -0.3 is 10.1 Å². The van der Waals surface area contributed by atoms with Crippen molar-refractivity contribution in [3.05, 3.63) is 18.0 Å². The highest BCUT2D eigenvalue weighted by atomic mass is 16.5. The van der Waals surface area contributed by atoms with Crippen molar-refractivity contribution in [3.8, 4) is 0 Å². The quantitative estimate of drug-likeness (QED) is 0.747. The molecule has 110 valence electrons. The first-order chi connectivity index (χ1) is 9.05. The van der Waals surface area contributed by atoms with Crippen molar-refractivity contribution in [2.24, 2.45) is 7.05 Å². The molecule has 2 atom stereocenters. The van der Waals surface area contributed by atoms with Gasteiger partial charge in [-0.05, 0) is 44.7 Å². The Labute approximate surface area is 117 Å². The van der Waals surface area contributed by atoms with Gasteiger partial charge in [0.05, 0.1) is 11.8 Å². The Balaban J connectivity index is 2.63. The fourth-order valence-corrected chi connectivity index (χ4v) is 2.39. The average Bonchev–Trinajstić information content (AvgIpc) is 2.83. The van der Waals surface area contributed by atoms with Gasteiger partial charge in [-0.1, -0.05) is 13.8 Å². The van der Waals surface area contributed by atoms with Crippen LogP contribution in [0.1, 0.15) is 45.6 Å². The summed E-state index contributed by atoms with van der Waals surface area (Å²) in [5.41, 5.74) is 1.19. The summed E-state index contributed by atoms with van der Waals surface area (Å²) in [5.74, 6) is 0. The SMILES string of the molecule is CCCNC(CCc1cnn(C)c1)C(C)(CC)OC. The third kappa shape index (κ3) is 4.62. The number of hydrogen-bond donors (Lipinski definition) is 1. The number of nitrogens with zero attached hydrogens (tertiary/aromatic N) is 2. The van der Waals surface area contributed by atoms with E-state index in [9.17, 15) is 0 Å². The first-order valence-corrected chi connectivity index (χ1v) is 7.31. The smallest absolute Gasteiger partial charge is 0.0800 e. The number of hydrogen-bond acceptors (Lipinski definition) is 3. The van der Waals surface area contributed by atoms with Gasteiger partial charge in [0.25, 0.3) is 0 Å². The number of methoxy groups -OCH3 is 1. The summed E-state index contributed by atoms with van der Waals surface area (Å²) in [7, 11) is 3.77. The molecule has 1 heterocycles. The van der Waals surface area contributed by atoms with E-state index < -0.39 is 0 Å². The Bertz CT molecular complexity index is 358. The van der Waals surface area contributed by atoms with Gasteiger partial charge in [0.2, 0.25) is 0 Å². The van der Waals surface area contributed by atoms with E-state index in [0.29, 0.717) is 6.04 Å². The number of nitrogens with one attached hydrogen (secondary N) is 1. The highest BCUT2D eigenvalue weighted by Gasteiger charge is 2.31. The van der Waals surface area contributed by atoms with Gasteiger partial charge in [0, 0.05) is 26.4 Å². The highest BCUT2D eigenvalue weighted by molar-refractivity contribution is 5.05. The predicted octanol–water partition coefficient (Wildman–Crippen LogP) is 2.54. The van der Waals surface area contributed by atoms with E-state index in [0.717, 1.165) is 32.2 Å². The monoisotopic (exact) mass is 267 g/mol. The summed E-state index contributed by atoms with van der Waals surface area (Å²) < 4.78 is 7.62. The van der Waals surface area contributed by atoms with Crippen molar-refractivity contribution in [1.82, 2.24) is 15.1 Å². The zero-order valence-corrected chi connectivity index (χ0v) is 13.1. The average molecular weight is 267 g/mol. The molecule has 1 rings (SSSR count). The summed E-state index contributed by atoms with van der Waals surface area (Å²) in [4.78, 5) is 0. The summed E-state index contributed by atoms with van der Waals surface area (Å²) in [6.45, 7) is 7.62. The van der Waals surface area contributed by atoms with Crippen LogP contribution in [0.2, 0.25) is 0 Å². The second-order valence-electron chi connectivity index (χ2n) is 5.44. The molecule has 0 fully saturated rings. The Morgan fingerprint density at radius 1 is 1.47 bits per heavy atom. The van der Waals surface area contributed by atoms with Crippen LogP contribution in [0.4, 0.5) is 0 Å². The van der Waals surface area contributed by atoms with Gasteiger partial charge in [-0.15, -0.1) is 0 Å². The van der Waals surface area contributed by atoms with Gasteiger partial charge in [-0.2, -0.15) is 5.10 Å². The zero-order valence-electron chi connectivity index (χ0n) is 13.1. The largest absolute Gasteiger partial charge is 0.377 e. The number of aromatic nitrogens is 2. The first-order valence-electron chi connectivity index (χ1n) is 7.31. The molecule has 4 heteroatoms. The maximum atomic E-state index is 5.76. The van der Waals surface area contributed by atoms with Gasteiger partial charge in [-0.25, -0.2) is 0 Å². The molecular weight excluding hydrogens is 238 g/mol. The van der Waals surface area contributed by atoms with E-state index >= 15 is 0 Å². The zero-order chi connectivity index (χ0) is 14.3. The van der Waals surface area contributed by atoms with Crippen molar-refractivity contribution in [2.45, 2.75) is 58.1 Å². The third-order valence-electron chi connectivity index (χ3n) is 4.03. The normalized spacial score (nSPS) is 16.3. The van der Waals surface area contributed by atoms with Crippen molar-refractivity contribution in [3.63, 3.8) is 0 Å². The molecule has 0 aliphatic carbocycles. The Kier molecular flexibility index (Phi) is 6.52. The first kappa shape index (κ1) is 16.2. The lowest BCUT2D eigenvalue weighted by Crippen LogP contribution is -2.50. The summed E-state index contributed by atoms with van der Waals surface area (Å²) in [6.07, 6.45) is 8.31. The van der Waals surface area contributed by atoms with Crippen LogP contribution >= 0.6 is 0 Å². The Hall–Kier alpha value is -0.870. The van der Waals surface area contributed by atoms with Crippen LogP contribution < -0.4 is 5.32 Å². The topological polar surface area (TPSA) is 39.1 Å². The molecule has 1 aromatic rings. The molecule has 0 amide bonds. The van der Waals surface area contributed by atoms with E-state index in [1.165, 1.54) is 5.56 Å². The van der Waals surface area contributed by atoms with Gasteiger partial charge in [0.15, 0.2) is 0 Å². The van der Waals surface area contributed by atoms with Crippen LogP contribution in [0.3, 0.4) is 0 Å². The molecule has 0 aliphatic heterocycles. The molecule has 0 saturated carbocycles. The Morgan fingerprint density at radius 3 is 2.68 bits per heavy atom. The van der Waals surface area contributed by atoms with Crippen molar-refractivity contribution in [1.29, 1.82) is 0 Å². The molecular formula is C15H29N3O. The lowest BCUT2D eigenvalue weighted by atomic mass is 9.89. The molecule has 0 spiro atoms.